The van der Waals surface area contributed by atoms with Gasteiger partial charge in [0.25, 0.3) is 0 Å². The van der Waals surface area contributed by atoms with Crippen LogP contribution in [-0.4, -0.2) is 25.9 Å². The third kappa shape index (κ3) is 4.55. The second kappa shape index (κ2) is 7.49. The Morgan fingerprint density at radius 3 is 2.06 bits per heavy atom. The van der Waals surface area contributed by atoms with Crippen LogP contribution in [0.4, 0.5) is 0 Å². The highest BCUT2D eigenvalue weighted by Gasteiger charge is 2.22. The second-order valence-corrected chi connectivity index (χ2v) is 6.42. The summed E-state index contributed by atoms with van der Waals surface area (Å²) in [6, 6.07) is 0. The van der Waals surface area contributed by atoms with Crippen molar-refractivity contribution in [2.24, 2.45) is 11.8 Å². The summed E-state index contributed by atoms with van der Waals surface area (Å²) in [5, 5.41) is 0. The van der Waals surface area contributed by atoms with Crippen LogP contribution in [0.3, 0.4) is 0 Å². The average Bonchev–Trinajstić information content (AvgIpc) is 2.42. The molecule has 0 aromatic rings. The van der Waals surface area contributed by atoms with Crippen molar-refractivity contribution in [2.75, 3.05) is 13.7 Å². The Morgan fingerprint density at radius 1 is 0.833 bits per heavy atom. The maximum Gasteiger partial charge on any atom is 0.0575 e. The van der Waals surface area contributed by atoms with Crippen molar-refractivity contribution < 1.29 is 9.47 Å². The minimum absolute atomic E-state index is 0.530. The smallest absolute Gasteiger partial charge is 0.0575 e. The van der Waals surface area contributed by atoms with Crippen LogP contribution < -0.4 is 0 Å². The first-order valence-electron chi connectivity index (χ1n) is 7.92. The van der Waals surface area contributed by atoms with Crippen LogP contribution in [0.2, 0.25) is 0 Å². The molecule has 0 bridgehead atoms. The van der Waals surface area contributed by atoms with Crippen LogP contribution in [0.15, 0.2) is 0 Å². The summed E-state index contributed by atoms with van der Waals surface area (Å²) in [5.74, 6) is 1.81. The van der Waals surface area contributed by atoms with Gasteiger partial charge in [-0.25, -0.2) is 0 Å². The van der Waals surface area contributed by atoms with Gasteiger partial charge in [-0.2, -0.15) is 0 Å². The number of rotatable bonds is 5. The molecule has 0 aromatic heterocycles. The Morgan fingerprint density at radius 2 is 1.44 bits per heavy atom. The molecule has 2 rings (SSSR count). The van der Waals surface area contributed by atoms with Crippen LogP contribution in [0.25, 0.3) is 0 Å². The van der Waals surface area contributed by atoms with E-state index in [2.05, 4.69) is 6.92 Å². The summed E-state index contributed by atoms with van der Waals surface area (Å²) in [6.45, 7) is 3.35. The highest BCUT2D eigenvalue weighted by atomic mass is 16.5. The lowest BCUT2D eigenvalue weighted by molar-refractivity contribution is 0.00442. The summed E-state index contributed by atoms with van der Waals surface area (Å²) in [4.78, 5) is 0. The van der Waals surface area contributed by atoms with E-state index < -0.39 is 0 Å². The maximum absolute atomic E-state index is 6.06. The molecule has 0 unspecified atom stereocenters. The molecule has 2 fully saturated rings. The molecular weight excluding hydrogens is 224 g/mol. The zero-order valence-corrected chi connectivity index (χ0v) is 12.2. The van der Waals surface area contributed by atoms with Crippen molar-refractivity contribution in [3.05, 3.63) is 0 Å². The fourth-order valence-corrected chi connectivity index (χ4v) is 3.45. The molecule has 0 heterocycles. The lowest BCUT2D eigenvalue weighted by Gasteiger charge is -2.29. The topological polar surface area (TPSA) is 18.5 Å². The van der Waals surface area contributed by atoms with E-state index in [1.165, 1.54) is 57.8 Å². The summed E-state index contributed by atoms with van der Waals surface area (Å²) in [7, 11) is 1.85. The highest BCUT2D eigenvalue weighted by molar-refractivity contribution is 4.73. The van der Waals surface area contributed by atoms with Gasteiger partial charge in [0.05, 0.1) is 12.2 Å². The Bertz CT molecular complexity index is 213. The Kier molecular flexibility index (Phi) is 5.97. The summed E-state index contributed by atoms with van der Waals surface area (Å²) in [5.41, 5.74) is 0. The van der Waals surface area contributed by atoms with Crippen LogP contribution in [-0.2, 0) is 9.47 Å². The summed E-state index contributed by atoms with van der Waals surface area (Å²) >= 11 is 0. The van der Waals surface area contributed by atoms with Gasteiger partial charge in [-0.3, -0.25) is 0 Å². The van der Waals surface area contributed by atoms with Crippen molar-refractivity contribution in [3.63, 3.8) is 0 Å². The fourth-order valence-electron chi connectivity index (χ4n) is 3.45. The first-order chi connectivity index (χ1) is 8.78. The van der Waals surface area contributed by atoms with E-state index in [4.69, 9.17) is 9.47 Å². The third-order valence-corrected chi connectivity index (χ3v) is 4.97. The molecule has 2 heteroatoms. The van der Waals surface area contributed by atoms with Crippen LogP contribution in [0.1, 0.15) is 64.7 Å². The normalized spacial score (nSPS) is 37.7. The molecule has 2 nitrogen and oxygen atoms in total. The van der Waals surface area contributed by atoms with Gasteiger partial charge in [0, 0.05) is 13.7 Å². The molecular formula is C16H30O2. The average molecular weight is 254 g/mol. The number of hydrogen-bond acceptors (Lipinski definition) is 2. The predicted molar refractivity (Wildman–Crippen MR) is 74.7 cm³/mol. The van der Waals surface area contributed by atoms with Gasteiger partial charge in [0.15, 0.2) is 0 Å². The molecule has 18 heavy (non-hydrogen) atoms. The quantitative estimate of drug-likeness (QED) is 0.733. The molecule has 0 N–H and O–H groups in total. The Labute approximate surface area is 112 Å². The largest absolute Gasteiger partial charge is 0.381 e. The van der Waals surface area contributed by atoms with Gasteiger partial charge in [-0.05, 0) is 69.6 Å². The van der Waals surface area contributed by atoms with Crippen molar-refractivity contribution in [2.45, 2.75) is 76.9 Å². The molecule has 106 valence electrons. The number of hydrogen-bond donors (Lipinski definition) is 0. The van der Waals surface area contributed by atoms with Gasteiger partial charge >= 0.3 is 0 Å². The molecule has 0 amide bonds. The zero-order chi connectivity index (χ0) is 12.8. The van der Waals surface area contributed by atoms with Crippen LogP contribution in [0.5, 0.6) is 0 Å². The Hall–Kier alpha value is -0.0800. The lowest BCUT2D eigenvalue weighted by atomic mass is 9.85. The second-order valence-electron chi connectivity index (χ2n) is 6.42. The molecule has 0 saturated heterocycles. The maximum atomic E-state index is 6.06. The van der Waals surface area contributed by atoms with Crippen molar-refractivity contribution in [1.82, 2.24) is 0 Å². The first kappa shape index (κ1) is 14.3. The Balaban J connectivity index is 1.53. The van der Waals surface area contributed by atoms with E-state index in [1.807, 2.05) is 7.11 Å². The van der Waals surface area contributed by atoms with Crippen molar-refractivity contribution in [1.29, 1.82) is 0 Å². The summed E-state index contributed by atoms with van der Waals surface area (Å²) < 4.78 is 11.5. The van der Waals surface area contributed by atoms with E-state index in [0.717, 1.165) is 18.4 Å². The molecule has 0 spiro atoms. The lowest BCUT2D eigenvalue weighted by Crippen LogP contribution is -2.24. The van der Waals surface area contributed by atoms with Gasteiger partial charge < -0.3 is 9.47 Å². The van der Waals surface area contributed by atoms with E-state index in [0.29, 0.717) is 12.2 Å². The first-order valence-corrected chi connectivity index (χ1v) is 7.92. The SMILES string of the molecule is COC1CCC(CCOC2CCC(C)CC2)CC1. The molecule has 2 aliphatic carbocycles. The van der Waals surface area contributed by atoms with Gasteiger partial charge in [0.1, 0.15) is 0 Å². The van der Waals surface area contributed by atoms with Crippen molar-refractivity contribution in [3.8, 4) is 0 Å². The van der Waals surface area contributed by atoms with Gasteiger partial charge in [-0.1, -0.05) is 6.92 Å². The predicted octanol–water partition coefficient (Wildman–Crippen LogP) is 4.18. The molecule has 0 atom stereocenters. The molecule has 0 aromatic carbocycles. The standard InChI is InChI=1S/C16H30O2/c1-13-3-7-16(8-4-13)18-12-11-14-5-9-15(17-2)10-6-14/h13-16H,3-12H2,1-2H3. The number of ether oxygens (including phenoxy) is 2. The number of methoxy groups -OCH3 is 1. The molecule has 2 aliphatic rings. The zero-order valence-electron chi connectivity index (χ0n) is 12.2. The minimum Gasteiger partial charge on any atom is -0.381 e. The minimum atomic E-state index is 0.530. The monoisotopic (exact) mass is 254 g/mol. The van der Waals surface area contributed by atoms with Crippen LogP contribution >= 0.6 is 0 Å². The molecule has 0 radical (unpaired) electrons. The molecule has 0 aliphatic heterocycles. The third-order valence-electron chi connectivity index (χ3n) is 4.97. The van der Waals surface area contributed by atoms with E-state index in [9.17, 15) is 0 Å². The van der Waals surface area contributed by atoms with Gasteiger partial charge in [0.2, 0.25) is 0 Å². The highest BCUT2D eigenvalue weighted by Crippen LogP contribution is 2.29. The van der Waals surface area contributed by atoms with E-state index in [1.54, 1.807) is 0 Å². The summed E-state index contributed by atoms with van der Waals surface area (Å²) in [6.07, 6.45) is 12.8. The van der Waals surface area contributed by atoms with Gasteiger partial charge in [-0.15, -0.1) is 0 Å². The fraction of sp³-hybridized carbons (Fsp3) is 1.00. The van der Waals surface area contributed by atoms with Crippen molar-refractivity contribution >= 4 is 0 Å². The van der Waals surface area contributed by atoms with Crippen LogP contribution in [0, 0.1) is 11.8 Å². The van der Waals surface area contributed by atoms with E-state index in [-0.39, 0.29) is 0 Å². The molecule has 2 saturated carbocycles. The van der Waals surface area contributed by atoms with E-state index >= 15 is 0 Å².